The lowest BCUT2D eigenvalue weighted by atomic mass is 10.1. The number of aromatic nitrogens is 2. The van der Waals surface area contributed by atoms with Crippen LogP contribution in [-0.2, 0) is 13.0 Å². The van der Waals surface area contributed by atoms with E-state index in [-0.39, 0.29) is 31.4 Å². The average molecular weight is 556 g/mol. The standard InChI is InChI=1S/C25H24Cl2N4O2.2ClH/c1-30-9-11-31(12-10-30)23-4-2-3-17-6-8-20(15-21(17)23)32-16-24-28-25(33-29-24)13-18-5-7-19(26)14-22(18)27;;/h2-8,14-15H,9-13,16H2,1H3;2*1H. The normalized spacial score (nSPS) is 13.9. The van der Waals surface area contributed by atoms with Crippen LogP contribution < -0.4 is 9.64 Å². The molecule has 0 saturated carbocycles. The molecule has 4 aromatic rings. The molecule has 1 aromatic heterocycles. The van der Waals surface area contributed by atoms with E-state index in [9.17, 15) is 0 Å². The number of ether oxygens (including phenoxy) is 1. The molecule has 0 amide bonds. The van der Waals surface area contributed by atoms with Crippen LogP contribution in [0.1, 0.15) is 17.3 Å². The first-order chi connectivity index (χ1) is 16.0. The third-order valence-corrected chi connectivity index (χ3v) is 6.50. The van der Waals surface area contributed by atoms with Crippen molar-refractivity contribution in [2.24, 2.45) is 0 Å². The fourth-order valence-electron chi connectivity index (χ4n) is 4.04. The van der Waals surface area contributed by atoms with Gasteiger partial charge < -0.3 is 19.1 Å². The maximum atomic E-state index is 6.25. The molecule has 1 fully saturated rings. The quantitative estimate of drug-likeness (QED) is 0.278. The van der Waals surface area contributed by atoms with E-state index in [1.807, 2.05) is 12.1 Å². The molecular weight excluding hydrogens is 530 g/mol. The Balaban J connectivity index is 0.00000171. The van der Waals surface area contributed by atoms with Gasteiger partial charge in [0.1, 0.15) is 5.75 Å². The highest BCUT2D eigenvalue weighted by atomic mass is 35.5. The van der Waals surface area contributed by atoms with Crippen molar-refractivity contribution < 1.29 is 9.26 Å². The number of halogens is 4. The monoisotopic (exact) mass is 554 g/mol. The van der Waals surface area contributed by atoms with Crippen molar-refractivity contribution in [3.05, 3.63) is 81.9 Å². The fraction of sp³-hybridized carbons (Fsp3) is 0.280. The Hall–Kier alpha value is -2.22. The summed E-state index contributed by atoms with van der Waals surface area (Å²) in [4.78, 5) is 9.24. The zero-order valence-electron chi connectivity index (χ0n) is 19.1. The van der Waals surface area contributed by atoms with Crippen molar-refractivity contribution in [2.75, 3.05) is 38.1 Å². The van der Waals surface area contributed by atoms with Gasteiger partial charge in [-0.2, -0.15) is 4.98 Å². The summed E-state index contributed by atoms with van der Waals surface area (Å²) in [5.41, 5.74) is 2.12. The maximum absolute atomic E-state index is 6.25. The van der Waals surface area contributed by atoms with Gasteiger partial charge in [0.25, 0.3) is 0 Å². The van der Waals surface area contributed by atoms with Crippen LogP contribution in [0.4, 0.5) is 5.69 Å². The Morgan fingerprint density at radius 2 is 1.77 bits per heavy atom. The van der Waals surface area contributed by atoms with Gasteiger partial charge >= 0.3 is 0 Å². The summed E-state index contributed by atoms with van der Waals surface area (Å²) < 4.78 is 11.4. The van der Waals surface area contributed by atoms with Gasteiger partial charge in [-0.15, -0.1) is 24.8 Å². The first-order valence-corrected chi connectivity index (χ1v) is 11.7. The molecule has 3 aromatic carbocycles. The first kappa shape index (κ1) is 27.4. The molecule has 0 unspecified atom stereocenters. The van der Waals surface area contributed by atoms with E-state index in [4.69, 9.17) is 32.5 Å². The summed E-state index contributed by atoms with van der Waals surface area (Å²) in [6, 6.07) is 17.9. The largest absolute Gasteiger partial charge is 0.485 e. The van der Waals surface area contributed by atoms with Crippen LogP contribution in [0.2, 0.25) is 10.0 Å². The number of piperazine rings is 1. The number of anilines is 1. The Labute approximate surface area is 227 Å². The van der Waals surface area contributed by atoms with Gasteiger partial charge in [-0.1, -0.05) is 52.6 Å². The first-order valence-electron chi connectivity index (χ1n) is 10.9. The van der Waals surface area contributed by atoms with Gasteiger partial charge in [0.2, 0.25) is 11.7 Å². The van der Waals surface area contributed by atoms with E-state index in [1.165, 1.54) is 16.5 Å². The molecule has 0 radical (unpaired) electrons. The van der Waals surface area contributed by atoms with Crippen LogP contribution in [0.5, 0.6) is 5.75 Å². The highest BCUT2D eigenvalue weighted by Crippen LogP contribution is 2.31. The summed E-state index contributed by atoms with van der Waals surface area (Å²) in [5.74, 6) is 1.74. The number of benzene rings is 3. The smallest absolute Gasteiger partial charge is 0.231 e. The molecule has 0 spiro atoms. The van der Waals surface area contributed by atoms with Crippen LogP contribution in [0.3, 0.4) is 0 Å². The number of likely N-dealkylation sites (N-methyl/N-ethyl adjacent to an activating group) is 1. The molecule has 1 aliphatic rings. The zero-order valence-corrected chi connectivity index (χ0v) is 22.3. The lowest BCUT2D eigenvalue weighted by Crippen LogP contribution is -2.44. The molecule has 1 aliphatic heterocycles. The number of fused-ring (bicyclic) bond motifs is 1. The van der Waals surface area contributed by atoms with E-state index < -0.39 is 0 Å². The number of rotatable bonds is 6. The van der Waals surface area contributed by atoms with Crippen LogP contribution in [0, 0.1) is 0 Å². The van der Waals surface area contributed by atoms with Crippen LogP contribution in [0.25, 0.3) is 10.8 Å². The summed E-state index contributed by atoms with van der Waals surface area (Å²) >= 11 is 12.2. The fourth-order valence-corrected chi connectivity index (χ4v) is 4.52. The van der Waals surface area contributed by atoms with Gasteiger partial charge in [-0.05, 0) is 48.3 Å². The third-order valence-electron chi connectivity index (χ3n) is 5.91. The number of hydrogen-bond donors (Lipinski definition) is 0. The molecule has 0 atom stereocenters. The Morgan fingerprint density at radius 3 is 2.54 bits per heavy atom. The lowest BCUT2D eigenvalue weighted by molar-refractivity contribution is 0.285. The molecule has 35 heavy (non-hydrogen) atoms. The molecule has 186 valence electrons. The second-order valence-electron chi connectivity index (χ2n) is 8.26. The molecule has 0 bridgehead atoms. The van der Waals surface area contributed by atoms with E-state index >= 15 is 0 Å². The molecule has 0 aliphatic carbocycles. The molecule has 1 saturated heterocycles. The molecule has 0 N–H and O–H groups in total. The van der Waals surface area contributed by atoms with Crippen molar-refractivity contribution in [1.29, 1.82) is 0 Å². The Morgan fingerprint density at radius 1 is 0.971 bits per heavy atom. The predicted octanol–water partition coefficient (Wildman–Crippen LogP) is 6.29. The summed E-state index contributed by atoms with van der Waals surface area (Å²) in [6.45, 7) is 4.38. The van der Waals surface area contributed by atoms with Crippen molar-refractivity contribution in [3.8, 4) is 5.75 Å². The van der Waals surface area contributed by atoms with Gasteiger partial charge in [0.15, 0.2) is 6.61 Å². The summed E-state index contributed by atoms with van der Waals surface area (Å²) in [6.07, 6.45) is 0.438. The second kappa shape index (κ2) is 12.2. The zero-order chi connectivity index (χ0) is 22.8. The van der Waals surface area contributed by atoms with Crippen LogP contribution >= 0.6 is 48.0 Å². The van der Waals surface area contributed by atoms with Crippen molar-refractivity contribution in [3.63, 3.8) is 0 Å². The molecule has 6 nitrogen and oxygen atoms in total. The summed E-state index contributed by atoms with van der Waals surface area (Å²) in [5, 5.41) is 7.59. The van der Waals surface area contributed by atoms with Gasteiger partial charge in [0.05, 0.1) is 6.42 Å². The number of hydrogen-bond acceptors (Lipinski definition) is 6. The SMILES string of the molecule is CN1CCN(c2cccc3ccc(OCc4noc(Cc5ccc(Cl)cc5Cl)n4)cc23)CC1.Cl.Cl. The Bertz CT molecular complexity index is 1280. The van der Waals surface area contributed by atoms with E-state index in [2.05, 4.69) is 57.3 Å². The van der Waals surface area contributed by atoms with Crippen LogP contribution in [-0.4, -0.2) is 48.3 Å². The molecule has 10 heteroatoms. The molecule has 2 heterocycles. The van der Waals surface area contributed by atoms with Gasteiger partial charge in [0, 0.05) is 47.3 Å². The predicted molar refractivity (Wildman–Crippen MR) is 146 cm³/mol. The Kier molecular flexibility index (Phi) is 9.50. The molecule has 5 rings (SSSR count). The minimum absolute atomic E-state index is 0. The van der Waals surface area contributed by atoms with Crippen LogP contribution in [0.15, 0.2) is 59.1 Å². The number of nitrogens with zero attached hydrogens (tertiary/aromatic N) is 4. The lowest BCUT2D eigenvalue weighted by Gasteiger charge is -2.34. The van der Waals surface area contributed by atoms with E-state index in [1.54, 1.807) is 12.1 Å². The van der Waals surface area contributed by atoms with Crippen molar-refractivity contribution in [1.82, 2.24) is 15.0 Å². The highest BCUT2D eigenvalue weighted by Gasteiger charge is 2.17. The van der Waals surface area contributed by atoms with E-state index in [0.29, 0.717) is 28.2 Å². The highest BCUT2D eigenvalue weighted by molar-refractivity contribution is 6.35. The topological polar surface area (TPSA) is 54.6 Å². The van der Waals surface area contributed by atoms with E-state index in [0.717, 1.165) is 37.5 Å². The van der Waals surface area contributed by atoms with Gasteiger partial charge in [-0.3, -0.25) is 0 Å². The van der Waals surface area contributed by atoms with Gasteiger partial charge in [-0.25, -0.2) is 0 Å². The second-order valence-corrected chi connectivity index (χ2v) is 9.10. The molecular formula is C25H26Cl4N4O2. The van der Waals surface area contributed by atoms with Crippen molar-refractivity contribution >= 4 is 64.5 Å². The minimum atomic E-state index is 0. The minimum Gasteiger partial charge on any atom is -0.485 e. The van der Waals surface area contributed by atoms with Crippen molar-refractivity contribution in [2.45, 2.75) is 13.0 Å². The average Bonchev–Trinajstić information content (AvgIpc) is 3.27. The summed E-state index contributed by atoms with van der Waals surface area (Å²) in [7, 11) is 2.17. The maximum Gasteiger partial charge on any atom is 0.231 e. The third kappa shape index (κ3) is 6.51.